The number of ether oxygens (including phenoxy) is 1. The number of carbonyl (C=O) groups is 1. The van der Waals surface area contributed by atoms with Gasteiger partial charge in [0.05, 0.1) is 11.8 Å². The molecule has 9 nitrogen and oxygen atoms in total. The fourth-order valence-electron chi connectivity index (χ4n) is 2.46. The van der Waals surface area contributed by atoms with E-state index in [4.69, 9.17) is 9.26 Å². The van der Waals surface area contributed by atoms with E-state index < -0.39 is 17.2 Å². The Hall–Kier alpha value is -2.71. The van der Waals surface area contributed by atoms with Crippen molar-refractivity contribution in [3.05, 3.63) is 28.4 Å². The third kappa shape index (κ3) is 3.29. The summed E-state index contributed by atoms with van der Waals surface area (Å²) < 4.78 is 10.5. The smallest absolute Gasteiger partial charge is 0.408 e. The molecule has 1 fully saturated rings. The maximum Gasteiger partial charge on any atom is 0.408 e. The van der Waals surface area contributed by atoms with Crippen LogP contribution >= 0.6 is 0 Å². The number of amides is 1. The van der Waals surface area contributed by atoms with Gasteiger partial charge in [-0.1, -0.05) is 5.16 Å². The van der Waals surface area contributed by atoms with Gasteiger partial charge in [-0.05, 0) is 40.0 Å². The number of aromatic amines is 1. The fourth-order valence-corrected chi connectivity index (χ4v) is 2.46. The summed E-state index contributed by atoms with van der Waals surface area (Å²) in [6.45, 7) is 5.39. The zero-order valence-corrected chi connectivity index (χ0v) is 13.8. The SMILES string of the molecule is CC(C)(C)OC(=O)NC1(c2noc(-c3cn[nH]c(=O)c3)n2)CCC1. The van der Waals surface area contributed by atoms with Gasteiger partial charge in [0.25, 0.3) is 11.4 Å². The summed E-state index contributed by atoms with van der Waals surface area (Å²) in [5.74, 6) is 0.552. The van der Waals surface area contributed by atoms with Crippen molar-refractivity contribution in [1.29, 1.82) is 0 Å². The van der Waals surface area contributed by atoms with E-state index in [-0.39, 0.29) is 11.4 Å². The number of H-pyrrole nitrogens is 1. The Labute approximate surface area is 137 Å². The molecule has 128 valence electrons. The quantitative estimate of drug-likeness (QED) is 0.876. The van der Waals surface area contributed by atoms with Gasteiger partial charge in [0.1, 0.15) is 11.1 Å². The van der Waals surface area contributed by atoms with E-state index in [9.17, 15) is 9.59 Å². The minimum Gasteiger partial charge on any atom is -0.444 e. The average Bonchev–Trinajstić information content (AvgIpc) is 2.91. The summed E-state index contributed by atoms with van der Waals surface area (Å²) in [7, 11) is 0. The Morgan fingerprint density at radius 2 is 2.17 bits per heavy atom. The second-order valence-electron chi connectivity index (χ2n) is 6.82. The van der Waals surface area contributed by atoms with E-state index in [2.05, 4.69) is 25.7 Å². The first-order valence-corrected chi connectivity index (χ1v) is 7.68. The lowest BCUT2D eigenvalue weighted by molar-refractivity contribution is 0.0362. The molecule has 0 aromatic carbocycles. The van der Waals surface area contributed by atoms with Crippen LogP contribution in [0.3, 0.4) is 0 Å². The molecule has 2 heterocycles. The van der Waals surface area contributed by atoms with Crippen LogP contribution in [-0.2, 0) is 10.3 Å². The van der Waals surface area contributed by atoms with Gasteiger partial charge in [0.2, 0.25) is 0 Å². The number of carbonyl (C=O) groups excluding carboxylic acids is 1. The summed E-state index contributed by atoms with van der Waals surface area (Å²) in [6.07, 6.45) is 3.23. The molecule has 0 radical (unpaired) electrons. The van der Waals surface area contributed by atoms with Crippen molar-refractivity contribution in [2.45, 2.75) is 51.2 Å². The number of nitrogens with one attached hydrogen (secondary N) is 2. The second kappa shape index (κ2) is 5.73. The lowest BCUT2D eigenvalue weighted by Crippen LogP contribution is -2.52. The Balaban J connectivity index is 1.82. The molecule has 3 rings (SSSR count). The Bertz CT molecular complexity index is 800. The van der Waals surface area contributed by atoms with E-state index in [1.165, 1.54) is 12.3 Å². The molecular formula is C15H19N5O4. The van der Waals surface area contributed by atoms with Gasteiger partial charge in [-0.25, -0.2) is 9.89 Å². The number of rotatable bonds is 3. The summed E-state index contributed by atoms with van der Waals surface area (Å²) in [6, 6.07) is 1.32. The first-order valence-electron chi connectivity index (χ1n) is 7.68. The third-order valence-corrected chi connectivity index (χ3v) is 3.71. The second-order valence-corrected chi connectivity index (χ2v) is 6.82. The van der Waals surface area contributed by atoms with Gasteiger partial charge in [-0.2, -0.15) is 10.1 Å². The first kappa shape index (κ1) is 16.2. The molecular weight excluding hydrogens is 314 g/mol. The normalized spacial score (nSPS) is 16.3. The lowest BCUT2D eigenvalue weighted by Gasteiger charge is -2.39. The molecule has 24 heavy (non-hydrogen) atoms. The number of alkyl carbamates (subject to hydrolysis) is 1. The minimum atomic E-state index is -0.696. The Morgan fingerprint density at radius 1 is 1.42 bits per heavy atom. The average molecular weight is 333 g/mol. The van der Waals surface area contributed by atoms with Crippen molar-refractivity contribution in [1.82, 2.24) is 25.7 Å². The lowest BCUT2D eigenvalue weighted by atomic mass is 9.76. The molecule has 0 spiro atoms. The van der Waals surface area contributed by atoms with Crippen molar-refractivity contribution in [2.24, 2.45) is 0 Å². The number of nitrogens with zero attached hydrogens (tertiary/aromatic N) is 3. The van der Waals surface area contributed by atoms with Gasteiger partial charge in [-0.15, -0.1) is 0 Å². The summed E-state index contributed by atoms with van der Waals surface area (Å²) >= 11 is 0. The predicted molar refractivity (Wildman–Crippen MR) is 83.0 cm³/mol. The predicted octanol–water partition coefficient (Wildman–Crippen LogP) is 1.72. The fraction of sp³-hybridized carbons (Fsp3) is 0.533. The van der Waals surface area contributed by atoms with Crippen molar-refractivity contribution in [2.75, 3.05) is 0 Å². The van der Waals surface area contributed by atoms with Crippen LogP contribution in [0.25, 0.3) is 11.5 Å². The standard InChI is InChI=1S/C15H19N5O4/c1-14(2,3)23-13(22)18-15(5-4-6-15)12-17-11(24-20-12)9-7-10(21)19-16-8-9/h7-8H,4-6H2,1-3H3,(H,18,22)(H,19,21). The zero-order valence-electron chi connectivity index (χ0n) is 13.8. The largest absolute Gasteiger partial charge is 0.444 e. The van der Waals surface area contributed by atoms with Crippen LogP contribution in [0.1, 0.15) is 45.9 Å². The van der Waals surface area contributed by atoms with Crippen molar-refractivity contribution in [3.8, 4) is 11.5 Å². The summed E-state index contributed by atoms with van der Waals surface area (Å²) in [5.41, 5.74) is -1.23. The summed E-state index contributed by atoms with van der Waals surface area (Å²) in [5, 5.41) is 12.8. The highest BCUT2D eigenvalue weighted by Crippen LogP contribution is 2.40. The highest BCUT2D eigenvalue weighted by molar-refractivity contribution is 5.69. The molecule has 0 saturated heterocycles. The molecule has 2 aromatic heterocycles. The van der Waals surface area contributed by atoms with Crippen LogP contribution in [-0.4, -0.2) is 32.0 Å². The van der Waals surface area contributed by atoms with Crippen molar-refractivity contribution >= 4 is 6.09 Å². The van der Waals surface area contributed by atoms with Gasteiger partial charge in [-0.3, -0.25) is 4.79 Å². The Kier molecular flexibility index (Phi) is 3.86. The molecule has 2 aromatic rings. The van der Waals surface area contributed by atoms with Crippen LogP contribution in [0, 0.1) is 0 Å². The van der Waals surface area contributed by atoms with Gasteiger partial charge in [0, 0.05) is 6.07 Å². The minimum absolute atomic E-state index is 0.181. The molecule has 1 aliphatic rings. The molecule has 1 amide bonds. The number of aromatic nitrogens is 4. The van der Waals surface area contributed by atoms with Crippen LogP contribution in [0.2, 0.25) is 0 Å². The number of hydrogen-bond acceptors (Lipinski definition) is 7. The van der Waals surface area contributed by atoms with Crippen LogP contribution < -0.4 is 10.9 Å². The van der Waals surface area contributed by atoms with E-state index in [1.54, 1.807) is 20.8 Å². The molecule has 1 aliphatic carbocycles. The van der Waals surface area contributed by atoms with E-state index in [1.807, 2.05) is 0 Å². The molecule has 1 saturated carbocycles. The van der Waals surface area contributed by atoms with Gasteiger partial charge in [0.15, 0.2) is 5.82 Å². The van der Waals surface area contributed by atoms with Gasteiger partial charge >= 0.3 is 6.09 Å². The highest BCUT2D eigenvalue weighted by atomic mass is 16.6. The third-order valence-electron chi connectivity index (χ3n) is 3.71. The number of hydrogen-bond donors (Lipinski definition) is 2. The van der Waals surface area contributed by atoms with Crippen molar-refractivity contribution in [3.63, 3.8) is 0 Å². The van der Waals surface area contributed by atoms with Crippen LogP contribution in [0.4, 0.5) is 4.79 Å². The zero-order chi connectivity index (χ0) is 17.4. The molecule has 0 unspecified atom stereocenters. The molecule has 0 aliphatic heterocycles. The van der Waals surface area contributed by atoms with E-state index in [0.29, 0.717) is 24.2 Å². The van der Waals surface area contributed by atoms with E-state index in [0.717, 1.165) is 6.42 Å². The molecule has 9 heteroatoms. The molecule has 0 bridgehead atoms. The molecule has 0 atom stereocenters. The summed E-state index contributed by atoms with van der Waals surface area (Å²) in [4.78, 5) is 27.7. The topological polar surface area (TPSA) is 123 Å². The maximum atomic E-state index is 12.1. The van der Waals surface area contributed by atoms with Gasteiger partial charge < -0.3 is 14.6 Å². The van der Waals surface area contributed by atoms with Crippen LogP contribution in [0.15, 0.2) is 21.6 Å². The van der Waals surface area contributed by atoms with Crippen LogP contribution in [0.5, 0.6) is 0 Å². The maximum absolute atomic E-state index is 12.1. The molecule has 2 N–H and O–H groups in total. The first-order chi connectivity index (χ1) is 11.3. The highest BCUT2D eigenvalue weighted by Gasteiger charge is 2.45. The van der Waals surface area contributed by atoms with E-state index >= 15 is 0 Å². The Morgan fingerprint density at radius 3 is 2.75 bits per heavy atom. The monoisotopic (exact) mass is 333 g/mol. The van der Waals surface area contributed by atoms with Crippen molar-refractivity contribution < 1.29 is 14.1 Å².